The third kappa shape index (κ3) is 5.40. The summed E-state index contributed by atoms with van der Waals surface area (Å²) >= 11 is -2.32. The molecule has 1 unspecified atom stereocenters. The van der Waals surface area contributed by atoms with Crippen LogP contribution < -0.4 is 10.0 Å². The van der Waals surface area contributed by atoms with Crippen LogP contribution in [0.25, 0.3) is 0 Å². The quantitative estimate of drug-likeness (QED) is 0.753. The van der Waals surface area contributed by atoms with Gasteiger partial charge in [0.2, 0.25) is 5.91 Å². The molecule has 1 atom stereocenters. The van der Waals surface area contributed by atoms with Gasteiger partial charge >= 0.3 is 0 Å². The standard InChI is InChI=1S/C13H18N2O3S/c16-13(3-1-2-10-4-5-10)14-11-6-8-12(9-7-11)15-19(17)18/h6-10,15H,1-5H2,(H,14,16)(H,17,18)/p-1. The minimum atomic E-state index is -2.32. The second-order valence-electron chi connectivity index (χ2n) is 4.80. The topological polar surface area (TPSA) is 81.3 Å². The first-order valence-corrected chi connectivity index (χ1v) is 7.47. The van der Waals surface area contributed by atoms with Crippen LogP contribution in [0.1, 0.15) is 32.1 Å². The monoisotopic (exact) mass is 281 g/mol. The Morgan fingerprint density at radius 1 is 1.26 bits per heavy atom. The highest BCUT2D eigenvalue weighted by Crippen LogP contribution is 2.33. The van der Waals surface area contributed by atoms with E-state index in [4.69, 9.17) is 0 Å². The predicted molar refractivity (Wildman–Crippen MR) is 74.2 cm³/mol. The molecule has 5 nitrogen and oxygen atoms in total. The Morgan fingerprint density at radius 2 is 1.89 bits per heavy atom. The van der Waals surface area contributed by atoms with E-state index in [0.717, 1.165) is 18.8 Å². The lowest BCUT2D eigenvalue weighted by molar-refractivity contribution is -0.116. The molecule has 1 aromatic rings. The van der Waals surface area contributed by atoms with Crippen molar-refractivity contribution in [2.75, 3.05) is 10.0 Å². The van der Waals surface area contributed by atoms with Gasteiger partial charge in [0.05, 0.1) is 0 Å². The fraction of sp³-hybridized carbons (Fsp3) is 0.462. The minimum Gasteiger partial charge on any atom is -0.755 e. The Bertz CT molecular complexity index is 457. The molecule has 1 aliphatic carbocycles. The van der Waals surface area contributed by atoms with Crippen LogP contribution in [-0.4, -0.2) is 14.7 Å². The summed E-state index contributed by atoms with van der Waals surface area (Å²) in [5.41, 5.74) is 1.15. The van der Waals surface area contributed by atoms with Gasteiger partial charge in [-0.25, -0.2) is 0 Å². The molecule has 0 saturated heterocycles. The molecule has 19 heavy (non-hydrogen) atoms. The highest BCUT2D eigenvalue weighted by Gasteiger charge is 2.20. The molecule has 1 aromatic carbocycles. The number of amides is 1. The molecule has 6 heteroatoms. The molecule has 0 heterocycles. The molecule has 2 rings (SSSR count). The van der Waals surface area contributed by atoms with Gasteiger partial charge in [0.15, 0.2) is 0 Å². The summed E-state index contributed by atoms with van der Waals surface area (Å²) in [5.74, 6) is 0.861. The lowest BCUT2D eigenvalue weighted by Crippen LogP contribution is -2.11. The molecule has 1 fully saturated rings. The van der Waals surface area contributed by atoms with Crippen molar-refractivity contribution in [1.29, 1.82) is 0 Å². The fourth-order valence-electron chi connectivity index (χ4n) is 1.90. The van der Waals surface area contributed by atoms with Crippen LogP contribution in [0.15, 0.2) is 24.3 Å². The van der Waals surface area contributed by atoms with Crippen molar-refractivity contribution < 1.29 is 13.6 Å². The Morgan fingerprint density at radius 3 is 2.47 bits per heavy atom. The third-order valence-corrected chi connectivity index (χ3v) is 3.49. The molecule has 0 aliphatic heterocycles. The van der Waals surface area contributed by atoms with Crippen LogP contribution in [-0.2, 0) is 16.1 Å². The number of benzene rings is 1. The molecule has 0 spiro atoms. The summed E-state index contributed by atoms with van der Waals surface area (Å²) in [5, 5.41) is 2.80. The van der Waals surface area contributed by atoms with Crippen LogP contribution in [0.3, 0.4) is 0 Å². The number of carbonyl (C=O) groups excluding carboxylic acids is 1. The van der Waals surface area contributed by atoms with Crippen LogP contribution in [0.2, 0.25) is 0 Å². The number of carbonyl (C=O) groups is 1. The van der Waals surface area contributed by atoms with Gasteiger partial charge < -0.3 is 14.6 Å². The van der Waals surface area contributed by atoms with Gasteiger partial charge in [-0.1, -0.05) is 12.8 Å². The molecule has 2 N–H and O–H groups in total. The summed E-state index contributed by atoms with van der Waals surface area (Å²) < 4.78 is 23.1. The first-order valence-electron chi connectivity index (χ1n) is 6.39. The van der Waals surface area contributed by atoms with E-state index in [1.807, 2.05) is 0 Å². The van der Waals surface area contributed by atoms with Crippen molar-refractivity contribution in [3.05, 3.63) is 24.3 Å². The van der Waals surface area contributed by atoms with E-state index >= 15 is 0 Å². The zero-order valence-electron chi connectivity index (χ0n) is 10.6. The maximum Gasteiger partial charge on any atom is 0.224 e. The van der Waals surface area contributed by atoms with Crippen molar-refractivity contribution in [2.24, 2.45) is 5.92 Å². The van der Waals surface area contributed by atoms with Crippen LogP contribution in [0, 0.1) is 5.92 Å². The van der Waals surface area contributed by atoms with Gasteiger partial charge in [-0.2, -0.15) is 0 Å². The van der Waals surface area contributed by atoms with E-state index in [-0.39, 0.29) is 5.91 Å². The summed E-state index contributed by atoms with van der Waals surface area (Å²) in [6.07, 6.45) is 5.26. The van der Waals surface area contributed by atoms with Gasteiger partial charge in [-0.05, 0) is 43.0 Å². The Labute approximate surface area is 115 Å². The summed E-state index contributed by atoms with van der Waals surface area (Å²) in [4.78, 5) is 11.7. The molecule has 1 saturated carbocycles. The van der Waals surface area contributed by atoms with Crippen molar-refractivity contribution in [3.63, 3.8) is 0 Å². The van der Waals surface area contributed by atoms with E-state index in [1.54, 1.807) is 24.3 Å². The first-order chi connectivity index (χ1) is 9.13. The Hall–Kier alpha value is -1.40. The second-order valence-corrected chi connectivity index (χ2v) is 5.47. The number of rotatable bonds is 7. The van der Waals surface area contributed by atoms with E-state index < -0.39 is 11.3 Å². The average molecular weight is 281 g/mol. The number of anilines is 2. The van der Waals surface area contributed by atoms with E-state index in [1.165, 1.54) is 12.8 Å². The van der Waals surface area contributed by atoms with Crippen molar-refractivity contribution in [3.8, 4) is 0 Å². The summed E-state index contributed by atoms with van der Waals surface area (Å²) in [6, 6.07) is 6.56. The normalized spacial score (nSPS) is 15.8. The van der Waals surface area contributed by atoms with Gasteiger partial charge in [-0.15, -0.1) is 0 Å². The van der Waals surface area contributed by atoms with Gasteiger partial charge in [-0.3, -0.25) is 9.00 Å². The molecule has 1 aliphatic rings. The number of nitrogens with one attached hydrogen (secondary N) is 2. The van der Waals surface area contributed by atoms with Crippen LogP contribution in [0.4, 0.5) is 11.4 Å². The molecular formula is C13H17N2O3S-. The number of hydrogen-bond donors (Lipinski definition) is 2. The smallest absolute Gasteiger partial charge is 0.224 e. The van der Waals surface area contributed by atoms with E-state index in [0.29, 0.717) is 17.8 Å². The molecule has 1 amide bonds. The van der Waals surface area contributed by atoms with Gasteiger partial charge in [0.1, 0.15) is 0 Å². The summed E-state index contributed by atoms with van der Waals surface area (Å²) in [7, 11) is 0. The molecule has 104 valence electrons. The van der Waals surface area contributed by atoms with Crippen molar-refractivity contribution in [2.45, 2.75) is 32.1 Å². The van der Waals surface area contributed by atoms with Crippen molar-refractivity contribution >= 4 is 28.5 Å². The molecule has 0 bridgehead atoms. The van der Waals surface area contributed by atoms with Gasteiger partial charge in [0, 0.05) is 29.1 Å². The van der Waals surface area contributed by atoms with Crippen LogP contribution in [0.5, 0.6) is 0 Å². The number of hydrogen-bond acceptors (Lipinski definition) is 3. The lowest BCUT2D eigenvalue weighted by Gasteiger charge is -2.09. The SMILES string of the molecule is O=C(CCCC1CC1)Nc1ccc(NS(=O)[O-])cc1. The van der Waals surface area contributed by atoms with E-state index in [2.05, 4.69) is 10.0 Å². The maximum absolute atomic E-state index is 11.7. The third-order valence-electron chi connectivity index (χ3n) is 3.08. The Balaban J connectivity index is 1.74. The zero-order chi connectivity index (χ0) is 13.7. The largest absolute Gasteiger partial charge is 0.755 e. The van der Waals surface area contributed by atoms with Crippen molar-refractivity contribution in [1.82, 2.24) is 0 Å². The lowest BCUT2D eigenvalue weighted by atomic mass is 10.1. The van der Waals surface area contributed by atoms with Crippen LogP contribution >= 0.6 is 0 Å². The minimum absolute atomic E-state index is 0.00811. The second kappa shape index (κ2) is 6.68. The highest BCUT2D eigenvalue weighted by atomic mass is 32.2. The summed E-state index contributed by atoms with van der Waals surface area (Å²) in [6.45, 7) is 0. The maximum atomic E-state index is 11.7. The van der Waals surface area contributed by atoms with E-state index in [9.17, 15) is 13.6 Å². The Kier molecular flexibility index (Phi) is 4.93. The first kappa shape index (κ1) is 14.0. The van der Waals surface area contributed by atoms with Gasteiger partial charge in [0.25, 0.3) is 0 Å². The highest BCUT2D eigenvalue weighted by molar-refractivity contribution is 7.80. The average Bonchev–Trinajstić information content (AvgIpc) is 3.15. The molecule has 0 radical (unpaired) electrons. The fourth-order valence-corrected chi connectivity index (χ4v) is 2.23. The zero-order valence-corrected chi connectivity index (χ0v) is 11.4. The molecule has 0 aromatic heterocycles. The predicted octanol–water partition coefficient (Wildman–Crippen LogP) is 2.41. The molecular weight excluding hydrogens is 264 g/mol.